The minimum atomic E-state index is -0.818. The Kier molecular flexibility index (Phi) is 3.59. The van der Waals surface area contributed by atoms with Gasteiger partial charge in [-0.3, -0.25) is 14.4 Å². The smallest absolute Gasteiger partial charge is 0.280 e. The summed E-state index contributed by atoms with van der Waals surface area (Å²) in [5.41, 5.74) is 14.8. The molecule has 0 aromatic carbocycles. The fourth-order valence-corrected chi connectivity index (χ4v) is 1.07. The molecule has 0 aliphatic heterocycles. The third-order valence-electron chi connectivity index (χ3n) is 1.70. The molecule has 0 bridgehead atoms. The average Bonchev–Trinajstić information content (AvgIpc) is 2.61. The number of amides is 3. The molecule has 0 aliphatic rings. The molecule has 1 aromatic rings. The normalized spacial score (nSPS) is 9.88. The number of nitrogen functional groups attached to an aromatic ring is 1. The lowest BCUT2D eigenvalue weighted by Crippen LogP contribution is -2.43. The minimum Gasteiger partial charge on any atom is -0.379 e. The topological polar surface area (TPSA) is 171 Å². The first-order valence-corrected chi connectivity index (χ1v) is 4.35. The molecule has 10 nitrogen and oxygen atoms in total. The number of carbonyl (C=O) groups excluding carboxylic acids is 3. The van der Waals surface area contributed by atoms with E-state index in [1.54, 1.807) is 0 Å². The van der Waals surface area contributed by atoms with Crippen LogP contribution in [0, 0.1) is 0 Å². The third-order valence-corrected chi connectivity index (χ3v) is 1.70. The summed E-state index contributed by atoms with van der Waals surface area (Å²) in [5, 5.41) is 6.43. The van der Waals surface area contributed by atoms with Gasteiger partial charge in [-0.25, -0.2) is 4.63 Å². The highest BCUT2D eigenvalue weighted by atomic mass is 16.6. The molecule has 0 aliphatic carbocycles. The molecule has 1 aromatic heterocycles. The molecule has 0 saturated heterocycles. The maximum absolute atomic E-state index is 11.8. The van der Waals surface area contributed by atoms with Gasteiger partial charge in [0.2, 0.25) is 23.3 Å². The number of rotatable bonds is 5. The number of anilines is 1. The molecule has 10 heteroatoms. The van der Waals surface area contributed by atoms with Gasteiger partial charge in [-0.2, -0.15) is 0 Å². The molecule has 92 valence electrons. The Morgan fingerprint density at radius 3 is 2.00 bits per heavy atom. The average molecular weight is 242 g/mol. The summed E-state index contributed by atoms with van der Waals surface area (Å²) in [7, 11) is 0. The summed E-state index contributed by atoms with van der Waals surface area (Å²) in [4.78, 5) is 34.0. The Labute approximate surface area is 94.7 Å². The Morgan fingerprint density at radius 1 is 1.12 bits per heavy atom. The summed E-state index contributed by atoms with van der Waals surface area (Å²) in [6.07, 6.45) is 0. The molecule has 0 radical (unpaired) electrons. The van der Waals surface area contributed by atoms with Crippen LogP contribution < -0.4 is 17.2 Å². The standard InChI is InChI=1S/C7H10N6O4/c8-3(14)1-13(2-4(9)15)7(16)5-6(10)12-17-11-5/h1-2H2,(H2,8,14)(H2,9,15)(H2,10,12). The number of hydrogen-bond donors (Lipinski definition) is 3. The van der Waals surface area contributed by atoms with Gasteiger partial charge in [0.05, 0.1) is 0 Å². The zero-order valence-electron chi connectivity index (χ0n) is 8.62. The monoisotopic (exact) mass is 242 g/mol. The third kappa shape index (κ3) is 3.15. The number of hydrogen-bond acceptors (Lipinski definition) is 7. The van der Waals surface area contributed by atoms with Crippen LogP contribution in [0.5, 0.6) is 0 Å². The van der Waals surface area contributed by atoms with Crippen molar-refractivity contribution in [3.05, 3.63) is 5.69 Å². The van der Waals surface area contributed by atoms with E-state index in [9.17, 15) is 14.4 Å². The second-order valence-corrected chi connectivity index (χ2v) is 3.09. The van der Waals surface area contributed by atoms with Gasteiger partial charge in [0.25, 0.3) is 5.91 Å². The van der Waals surface area contributed by atoms with Crippen molar-refractivity contribution in [3.63, 3.8) is 0 Å². The zero-order chi connectivity index (χ0) is 13.0. The van der Waals surface area contributed by atoms with Crippen LogP contribution in [0.4, 0.5) is 5.82 Å². The molecule has 0 saturated carbocycles. The van der Waals surface area contributed by atoms with E-state index in [2.05, 4.69) is 14.9 Å². The lowest BCUT2D eigenvalue weighted by molar-refractivity contribution is -0.121. The summed E-state index contributed by atoms with van der Waals surface area (Å²) in [6, 6.07) is 0. The largest absolute Gasteiger partial charge is 0.379 e. The van der Waals surface area contributed by atoms with Crippen molar-refractivity contribution in [2.45, 2.75) is 0 Å². The molecule has 17 heavy (non-hydrogen) atoms. The fourth-order valence-electron chi connectivity index (χ4n) is 1.07. The molecular formula is C7H10N6O4. The van der Waals surface area contributed by atoms with Gasteiger partial charge in [0, 0.05) is 0 Å². The van der Waals surface area contributed by atoms with Crippen molar-refractivity contribution in [3.8, 4) is 0 Å². The van der Waals surface area contributed by atoms with Crippen LogP contribution in [0.15, 0.2) is 4.63 Å². The predicted octanol–water partition coefficient (Wildman–Crippen LogP) is -2.94. The lowest BCUT2D eigenvalue weighted by Gasteiger charge is -2.17. The van der Waals surface area contributed by atoms with Crippen LogP contribution >= 0.6 is 0 Å². The molecule has 1 rings (SSSR count). The SMILES string of the molecule is NC(=O)CN(CC(N)=O)C(=O)c1nonc1N. The van der Waals surface area contributed by atoms with E-state index in [-0.39, 0.29) is 11.5 Å². The number of carbonyl (C=O) groups is 3. The van der Waals surface area contributed by atoms with Crippen LogP contribution in [0.3, 0.4) is 0 Å². The van der Waals surface area contributed by atoms with Crippen molar-refractivity contribution in [2.75, 3.05) is 18.8 Å². The van der Waals surface area contributed by atoms with E-state index in [0.717, 1.165) is 4.90 Å². The summed E-state index contributed by atoms with van der Waals surface area (Å²) < 4.78 is 4.22. The highest BCUT2D eigenvalue weighted by Gasteiger charge is 2.25. The molecular weight excluding hydrogens is 232 g/mol. The predicted molar refractivity (Wildman–Crippen MR) is 53.0 cm³/mol. The van der Waals surface area contributed by atoms with Crippen LogP contribution in [-0.2, 0) is 9.59 Å². The number of primary amides is 2. The molecule has 6 N–H and O–H groups in total. The van der Waals surface area contributed by atoms with Gasteiger partial charge in [0.15, 0.2) is 0 Å². The first-order chi connectivity index (χ1) is 7.91. The summed E-state index contributed by atoms with van der Waals surface area (Å²) >= 11 is 0. The first kappa shape index (κ1) is 12.4. The molecule has 0 unspecified atom stereocenters. The van der Waals surface area contributed by atoms with E-state index in [1.807, 2.05) is 0 Å². The van der Waals surface area contributed by atoms with Crippen molar-refractivity contribution in [1.29, 1.82) is 0 Å². The maximum Gasteiger partial charge on any atom is 0.280 e. The van der Waals surface area contributed by atoms with Gasteiger partial charge in [-0.05, 0) is 10.3 Å². The molecule has 1 heterocycles. The van der Waals surface area contributed by atoms with Gasteiger partial charge < -0.3 is 22.1 Å². The molecule has 0 atom stereocenters. The van der Waals surface area contributed by atoms with Gasteiger partial charge in [0.1, 0.15) is 13.1 Å². The van der Waals surface area contributed by atoms with Crippen LogP contribution in [0.25, 0.3) is 0 Å². The Morgan fingerprint density at radius 2 is 1.65 bits per heavy atom. The summed E-state index contributed by atoms with van der Waals surface area (Å²) in [6.45, 7) is -0.984. The van der Waals surface area contributed by atoms with Gasteiger partial charge in [-0.15, -0.1) is 0 Å². The highest BCUT2D eigenvalue weighted by Crippen LogP contribution is 2.08. The Hall–Kier alpha value is -2.65. The van der Waals surface area contributed by atoms with Crippen molar-refractivity contribution in [1.82, 2.24) is 15.2 Å². The number of aromatic nitrogens is 2. The van der Waals surface area contributed by atoms with Crippen molar-refractivity contribution in [2.24, 2.45) is 11.5 Å². The molecule has 0 fully saturated rings. The van der Waals surface area contributed by atoms with E-state index in [4.69, 9.17) is 17.2 Å². The van der Waals surface area contributed by atoms with Gasteiger partial charge in [-0.1, -0.05) is 0 Å². The summed E-state index contributed by atoms with van der Waals surface area (Å²) in [5.74, 6) is -2.69. The first-order valence-electron chi connectivity index (χ1n) is 4.35. The Balaban J connectivity index is 2.90. The van der Waals surface area contributed by atoms with Crippen LogP contribution in [0.1, 0.15) is 10.5 Å². The zero-order valence-corrected chi connectivity index (χ0v) is 8.62. The fraction of sp³-hybridized carbons (Fsp3) is 0.286. The minimum absolute atomic E-state index is 0.256. The van der Waals surface area contributed by atoms with Crippen molar-refractivity contribution < 1.29 is 19.0 Å². The van der Waals surface area contributed by atoms with E-state index in [1.165, 1.54) is 0 Å². The highest BCUT2D eigenvalue weighted by molar-refractivity contribution is 5.99. The van der Waals surface area contributed by atoms with E-state index < -0.39 is 30.8 Å². The quantitative estimate of drug-likeness (QED) is 0.495. The number of nitrogens with two attached hydrogens (primary N) is 3. The Bertz CT molecular complexity index is 439. The lowest BCUT2D eigenvalue weighted by atomic mass is 10.3. The molecule has 3 amide bonds. The second kappa shape index (κ2) is 4.92. The van der Waals surface area contributed by atoms with E-state index >= 15 is 0 Å². The molecule has 0 spiro atoms. The maximum atomic E-state index is 11.8. The second-order valence-electron chi connectivity index (χ2n) is 3.09. The van der Waals surface area contributed by atoms with Gasteiger partial charge >= 0.3 is 0 Å². The van der Waals surface area contributed by atoms with E-state index in [0.29, 0.717) is 0 Å². The van der Waals surface area contributed by atoms with Crippen LogP contribution in [0.2, 0.25) is 0 Å². The number of nitrogens with zero attached hydrogens (tertiary/aromatic N) is 3. The van der Waals surface area contributed by atoms with Crippen LogP contribution in [-0.4, -0.2) is 46.0 Å². The van der Waals surface area contributed by atoms with Crippen molar-refractivity contribution >= 4 is 23.5 Å².